The zero-order valence-electron chi connectivity index (χ0n) is 12.4. The van der Waals surface area contributed by atoms with Crippen molar-refractivity contribution in [2.45, 2.75) is 16.9 Å². The Bertz CT molecular complexity index is 585. The van der Waals surface area contributed by atoms with E-state index in [9.17, 15) is 8.42 Å². The van der Waals surface area contributed by atoms with Crippen LogP contribution in [-0.2, 0) is 14.8 Å². The summed E-state index contributed by atoms with van der Waals surface area (Å²) in [5.41, 5.74) is -0.542. The molecule has 124 valence electrons. The van der Waals surface area contributed by atoms with Gasteiger partial charge < -0.3 is 14.6 Å². The number of sulfonamides is 1. The van der Waals surface area contributed by atoms with Crippen molar-refractivity contribution in [2.75, 3.05) is 38.4 Å². The first-order chi connectivity index (χ1) is 10.5. The average molecular weight is 347 g/mol. The maximum Gasteiger partial charge on any atom is 0.240 e. The van der Waals surface area contributed by atoms with Crippen LogP contribution in [0.5, 0.6) is 5.75 Å². The Balaban J connectivity index is 2.07. The van der Waals surface area contributed by atoms with E-state index in [1.165, 1.54) is 19.2 Å². The van der Waals surface area contributed by atoms with Gasteiger partial charge >= 0.3 is 0 Å². The standard InChI is InChI=1S/C14H21NO5S2/c1-19-12-3-2-4-13(9-12)22(17,18)15-10-14(20-7-6-16)5-8-21-11-14/h2-4,9,15-16H,5-8,10-11H2,1H3. The van der Waals surface area contributed by atoms with E-state index in [-0.39, 0.29) is 24.7 Å². The van der Waals surface area contributed by atoms with Crippen LogP contribution in [0.25, 0.3) is 0 Å². The molecule has 1 heterocycles. The molecule has 22 heavy (non-hydrogen) atoms. The molecule has 1 aliphatic heterocycles. The molecule has 1 unspecified atom stereocenters. The summed E-state index contributed by atoms with van der Waals surface area (Å²) >= 11 is 1.72. The molecular weight excluding hydrogens is 326 g/mol. The Morgan fingerprint density at radius 2 is 2.27 bits per heavy atom. The van der Waals surface area contributed by atoms with Crippen molar-refractivity contribution in [3.63, 3.8) is 0 Å². The van der Waals surface area contributed by atoms with E-state index in [0.717, 1.165) is 12.2 Å². The zero-order valence-corrected chi connectivity index (χ0v) is 14.1. The van der Waals surface area contributed by atoms with Gasteiger partial charge in [-0.05, 0) is 24.3 Å². The highest BCUT2D eigenvalue weighted by molar-refractivity contribution is 7.99. The molecule has 1 fully saturated rings. The van der Waals surface area contributed by atoms with Gasteiger partial charge in [-0.25, -0.2) is 13.1 Å². The molecule has 0 saturated carbocycles. The van der Waals surface area contributed by atoms with Crippen molar-refractivity contribution in [1.29, 1.82) is 0 Å². The summed E-state index contributed by atoms with van der Waals surface area (Å²) in [5, 5.41) is 8.92. The molecule has 0 aliphatic carbocycles. The maximum atomic E-state index is 12.4. The number of thioether (sulfide) groups is 1. The molecular formula is C14H21NO5S2. The van der Waals surface area contributed by atoms with Crippen molar-refractivity contribution >= 4 is 21.8 Å². The predicted molar refractivity (Wildman–Crippen MR) is 85.9 cm³/mol. The van der Waals surface area contributed by atoms with Crippen LogP contribution in [0.15, 0.2) is 29.2 Å². The summed E-state index contributed by atoms with van der Waals surface area (Å²) in [6.45, 7) is 0.329. The van der Waals surface area contributed by atoms with Gasteiger partial charge in [-0.1, -0.05) is 6.07 Å². The fourth-order valence-electron chi connectivity index (χ4n) is 2.23. The van der Waals surface area contributed by atoms with Gasteiger partial charge in [0.25, 0.3) is 0 Å². The summed E-state index contributed by atoms with van der Waals surface area (Å²) in [6.07, 6.45) is 0.762. The van der Waals surface area contributed by atoms with Crippen molar-refractivity contribution in [3.05, 3.63) is 24.3 Å². The van der Waals surface area contributed by atoms with Gasteiger partial charge in [-0.2, -0.15) is 11.8 Å². The van der Waals surface area contributed by atoms with Gasteiger partial charge in [0.2, 0.25) is 10.0 Å². The largest absolute Gasteiger partial charge is 0.497 e. The summed E-state index contributed by atoms with van der Waals surface area (Å²) in [6, 6.07) is 6.33. The highest BCUT2D eigenvalue weighted by Crippen LogP contribution is 2.31. The van der Waals surface area contributed by atoms with Crippen LogP contribution in [-0.4, -0.2) is 57.5 Å². The van der Waals surface area contributed by atoms with Gasteiger partial charge in [0.05, 0.1) is 30.8 Å². The van der Waals surface area contributed by atoms with E-state index >= 15 is 0 Å². The van der Waals surface area contributed by atoms with Crippen molar-refractivity contribution in [1.82, 2.24) is 4.72 Å². The van der Waals surface area contributed by atoms with Crippen LogP contribution in [0, 0.1) is 0 Å². The average Bonchev–Trinajstić information content (AvgIpc) is 3.01. The lowest BCUT2D eigenvalue weighted by Gasteiger charge is -2.28. The summed E-state index contributed by atoms with van der Waals surface area (Å²) in [5.74, 6) is 2.13. The Kier molecular flexibility index (Phi) is 6.10. The second-order valence-corrected chi connectivity index (χ2v) is 7.93. The fraction of sp³-hybridized carbons (Fsp3) is 0.571. The Morgan fingerprint density at radius 3 is 2.91 bits per heavy atom. The third kappa shape index (κ3) is 4.36. The van der Waals surface area contributed by atoms with E-state index < -0.39 is 15.6 Å². The lowest BCUT2D eigenvalue weighted by molar-refractivity contribution is -0.0358. The minimum Gasteiger partial charge on any atom is -0.497 e. The first-order valence-electron chi connectivity index (χ1n) is 6.98. The number of hydrogen-bond acceptors (Lipinski definition) is 6. The van der Waals surface area contributed by atoms with Gasteiger partial charge in [0, 0.05) is 18.4 Å². The molecule has 6 nitrogen and oxygen atoms in total. The molecule has 0 radical (unpaired) electrons. The number of rotatable bonds is 8. The highest BCUT2D eigenvalue weighted by Gasteiger charge is 2.36. The Morgan fingerprint density at radius 1 is 1.45 bits per heavy atom. The third-order valence-electron chi connectivity index (χ3n) is 3.50. The first-order valence-corrected chi connectivity index (χ1v) is 9.61. The van der Waals surface area contributed by atoms with Crippen molar-refractivity contribution in [2.24, 2.45) is 0 Å². The van der Waals surface area contributed by atoms with Crippen LogP contribution in [0.1, 0.15) is 6.42 Å². The Labute approximate surface area is 135 Å². The molecule has 1 aromatic carbocycles. The molecule has 1 aliphatic rings. The van der Waals surface area contributed by atoms with Crippen molar-refractivity contribution < 1.29 is 23.0 Å². The molecule has 1 saturated heterocycles. The summed E-state index contributed by atoms with van der Waals surface area (Å²) in [7, 11) is -2.13. The number of methoxy groups -OCH3 is 1. The normalized spacial score (nSPS) is 21.9. The second kappa shape index (κ2) is 7.65. The number of ether oxygens (including phenoxy) is 2. The van der Waals surface area contributed by atoms with Crippen LogP contribution < -0.4 is 9.46 Å². The van der Waals surface area contributed by atoms with Gasteiger partial charge in [0.1, 0.15) is 5.75 Å². The molecule has 2 N–H and O–H groups in total. The topological polar surface area (TPSA) is 84.9 Å². The number of nitrogens with one attached hydrogen (secondary N) is 1. The lowest BCUT2D eigenvalue weighted by Crippen LogP contribution is -2.45. The van der Waals surface area contributed by atoms with Crippen molar-refractivity contribution in [3.8, 4) is 5.75 Å². The van der Waals surface area contributed by atoms with Gasteiger partial charge in [0.15, 0.2) is 0 Å². The van der Waals surface area contributed by atoms with E-state index in [4.69, 9.17) is 14.6 Å². The van der Waals surface area contributed by atoms with E-state index in [2.05, 4.69) is 4.72 Å². The number of hydrogen-bond donors (Lipinski definition) is 2. The maximum absolute atomic E-state index is 12.4. The molecule has 0 bridgehead atoms. The third-order valence-corrected chi connectivity index (χ3v) is 6.12. The van der Waals surface area contributed by atoms with Gasteiger partial charge in [-0.3, -0.25) is 0 Å². The van der Waals surface area contributed by atoms with E-state index in [1.807, 2.05) is 0 Å². The summed E-state index contributed by atoms with van der Waals surface area (Å²) in [4.78, 5) is 0.162. The summed E-state index contributed by atoms with van der Waals surface area (Å²) < 4.78 is 38.2. The molecule has 0 spiro atoms. The van der Waals surface area contributed by atoms with E-state index in [0.29, 0.717) is 11.5 Å². The molecule has 8 heteroatoms. The lowest BCUT2D eigenvalue weighted by atomic mass is 10.0. The molecule has 2 rings (SSSR count). The quantitative estimate of drug-likeness (QED) is 0.725. The number of benzene rings is 1. The van der Waals surface area contributed by atoms with Gasteiger partial charge in [-0.15, -0.1) is 0 Å². The van der Waals surface area contributed by atoms with Crippen LogP contribution >= 0.6 is 11.8 Å². The highest BCUT2D eigenvalue weighted by atomic mass is 32.2. The fourth-order valence-corrected chi connectivity index (χ4v) is 4.74. The monoisotopic (exact) mass is 347 g/mol. The Hall–Kier alpha value is -0.800. The number of aliphatic hydroxyl groups is 1. The molecule has 1 aromatic rings. The SMILES string of the molecule is COc1cccc(S(=O)(=O)NCC2(OCCO)CCSC2)c1. The molecule has 0 aromatic heterocycles. The molecule has 0 amide bonds. The van der Waals surface area contributed by atoms with Crippen LogP contribution in [0.4, 0.5) is 0 Å². The predicted octanol–water partition coefficient (Wildman–Crippen LogP) is 0.858. The first kappa shape index (κ1) is 17.6. The smallest absolute Gasteiger partial charge is 0.240 e. The number of aliphatic hydroxyl groups excluding tert-OH is 1. The second-order valence-electron chi connectivity index (χ2n) is 5.06. The van der Waals surface area contributed by atoms with Crippen LogP contribution in [0.3, 0.4) is 0 Å². The van der Waals surface area contributed by atoms with Crippen LogP contribution in [0.2, 0.25) is 0 Å². The van der Waals surface area contributed by atoms with E-state index in [1.54, 1.807) is 23.9 Å². The zero-order chi connectivity index (χ0) is 16.1. The minimum atomic E-state index is -3.63. The minimum absolute atomic E-state index is 0.0744. The molecule has 1 atom stereocenters.